The van der Waals surface area contributed by atoms with Crippen LogP contribution in [0.3, 0.4) is 0 Å². The maximum Gasteiger partial charge on any atom is 0.230 e. The van der Waals surface area contributed by atoms with E-state index in [1.165, 1.54) is 0 Å². The summed E-state index contributed by atoms with van der Waals surface area (Å²) in [7, 11) is 0. The third-order valence-electron chi connectivity index (χ3n) is 3.77. The number of halogens is 1. The van der Waals surface area contributed by atoms with E-state index in [-0.39, 0.29) is 11.9 Å². The minimum Gasteiger partial charge on any atom is -0.351 e. The zero-order chi connectivity index (χ0) is 13.9. The minimum atomic E-state index is -0.540. The number of nitrogens with one attached hydrogen (secondary N) is 2. The van der Waals surface area contributed by atoms with Crippen molar-refractivity contribution >= 4 is 17.5 Å². The molecular formula is C15H21ClN2O. The van der Waals surface area contributed by atoms with Crippen molar-refractivity contribution in [3.63, 3.8) is 0 Å². The van der Waals surface area contributed by atoms with Gasteiger partial charge in [-0.15, -0.1) is 0 Å². The van der Waals surface area contributed by atoms with Crippen LogP contribution in [-0.4, -0.2) is 25.0 Å². The number of carbonyl (C=O) groups is 1. The lowest BCUT2D eigenvalue weighted by atomic mass is 9.83. The van der Waals surface area contributed by atoms with Crippen LogP contribution in [0.1, 0.15) is 32.3 Å². The maximum absolute atomic E-state index is 12.4. The van der Waals surface area contributed by atoms with Crippen molar-refractivity contribution in [1.82, 2.24) is 10.6 Å². The van der Waals surface area contributed by atoms with E-state index in [1.54, 1.807) is 0 Å². The Morgan fingerprint density at radius 3 is 2.63 bits per heavy atom. The highest BCUT2D eigenvalue weighted by Crippen LogP contribution is 2.25. The highest BCUT2D eigenvalue weighted by molar-refractivity contribution is 6.30. The topological polar surface area (TPSA) is 41.1 Å². The molecule has 1 amide bonds. The predicted octanol–water partition coefficient (Wildman–Crippen LogP) is 2.49. The lowest BCUT2D eigenvalue weighted by molar-refractivity contribution is -0.126. The van der Waals surface area contributed by atoms with Gasteiger partial charge in [0, 0.05) is 17.6 Å². The Morgan fingerprint density at radius 1 is 1.37 bits per heavy atom. The second-order valence-corrected chi connectivity index (χ2v) is 6.09. The molecule has 2 rings (SSSR count). The van der Waals surface area contributed by atoms with Crippen molar-refractivity contribution in [3.05, 3.63) is 34.9 Å². The Kier molecular flexibility index (Phi) is 4.48. The van der Waals surface area contributed by atoms with E-state index in [0.29, 0.717) is 5.02 Å². The lowest BCUT2D eigenvalue weighted by Gasteiger charge is -2.30. The Labute approximate surface area is 119 Å². The molecule has 104 valence electrons. The summed E-state index contributed by atoms with van der Waals surface area (Å²) < 4.78 is 0. The van der Waals surface area contributed by atoms with Gasteiger partial charge >= 0.3 is 0 Å². The largest absolute Gasteiger partial charge is 0.351 e. The van der Waals surface area contributed by atoms with Crippen LogP contribution in [0.2, 0.25) is 5.02 Å². The van der Waals surface area contributed by atoms with Gasteiger partial charge in [-0.2, -0.15) is 0 Å². The number of hydrogen-bond donors (Lipinski definition) is 2. The molecule has 0 spiro atoms. The van der Waals surface area contributed by atoms with Gasteiger partial charge in [0.25, 0.3) is 0 Å². The van der Waals surface area contributed by atoms with Crippen LogP contribution in [0.15, 0.2) is 24.3 Å². The first-order valence-corrected chi connectivity index (χ1v) is 7.15. The molecule has 1 fully saturated rings. The summed E-state index contributed by atoms with van der Waals surface area (Å²) in [5.74, 6) is 0.0727. The highest BCUT2D eigenvalue weighted by atomic mass is 35.5. The maximum atomic E-state index is 12.4. The first-order chi connectivity index (χ1) is 9.00. The van der Waals surface area contributed by atoms with Crippen molar-refractivity contribution in [3.8, 4) is 0 Å². The van der Waals surface area contributed by atoms with E-state index < -0.39 is 5.41 Å². The van der Waals surface area contributed by atoms with Gasteiger partial charge in [-0.25, -0.2) is 0 Å². The molecule has 0 bridgehead atoms. The fraction of sp³-hybridized carbons (Fsp3) is 0.533. The Bertz CT molecular complexity index is 436. The number of rotatable bonds is 3. The summed E-state index contributed by atoms with van der Waals surface area (Å²) in [6.45, 7) is 5.80. The van der Waals surface area contributed by atoms with E-state index in [9.17, 15) is 4.79 Å². The molecule has 1 unspecified atom stereocenters. The van der Waals surface area contributed by atoms with Gasteiger partial charge in [0.05, 0.1) is 5.41 Å². The molecule has 1 aliphatic heterocycles. The lowest BCUT2D eigenvalue weighted by Crippen LogP contribution is -2.50. The third-order valence-corrected chi connectivity index (χ3v) is 4.02. The van der Waals surface area contributed by atoms with Crippen LogP contribution in [0, 0.1) is 0 Å². The first-order valence-electron chi connectivity index (χ1n) is 6.78. The van der Waals surface area contributed by atoms with Crippen molar-refractivity contribution in [1.29, 1.82) is 0 Å². The molecule has 4 heteroatoms. The fourth-order valence-corrected chi connectivity index (χ4v) is 2.46. The summed E-state index contributed by atoms with van der Waals surface area (Å²) >= 11 is 5.89. The molecule has 0 saturated carbocycles. The van der Waals surface area contributed by atoms with Crippen molar-refractivity contribution < 1.29 is 4.79 Å². The van der Waals surface area contributed by atoms with Gasteiger partial charge in [0.15, 0.2) is 0 Å². The van der Waals surface area contributed by atoms with E-state index in [4.69, 9.17) is 11.6 Å². The predicted molar refractivity (Wildman–Crippen MR) is 78.5 cm³/mol. The number of hydrogen-bond acceptors (Lipinski definition) is 2. The van der Waals surface area contributed by atoms with E-state index >= 15 is 0 Å². The van der Waals surface area contributed by atoms with Crippen molar-refractivity contribution in [2.24, 2.45) is 0 Å². The molecule has 0 aliphatic carbocycles. The van der Waals surface area contributed by atoms with Crippen LogP contribution in [0.4, 0.5) is 0 Å². The molecule has 0 radical (unpaired) electrons. The SMILES string of the molecule is CC(C)(C(=O)NC1CCCNC1)c1ccc(Cl)cc1. The molecular weight excluding hydrogens is 260 g/mol. The van der Waals surface area contributed by atoms with E-state index in [2.05, 4.69) is 10.6 Å². The summed E-state index contributed by atoms with van der Waals surface area (Å²) in [5.41, 5.74) is 0.445. The number of amides is 1. The molecule has 1 aliphatic rings. The molecule has 2 N–H and O–H groups in total. The van der Waals surface area contributed by atoms with Crippen LogP contribution >= 0.6 is 11.6 Å². The van der Waals surface area contributed by atoms with E-state index in [0.717, 1.165) is 31.5 Å². The van der Waals surface area contributed by atoms with E-state index in [1.807, 2.05) is 38.1 Å². The second kappa shape index (κ2) is 5.93. The number of piperidine rings is 1. The van der Waals surface area contributed by atoms with Crippen molar-refractivity contribution in [2.75, 3.05) is 13.1 Å². The van der Waals surface area contributed by atoms with Gasteiger partial charge in [-0.05, 0) is 50.9 Å². The fourth-order valence-electron chi connectivity index (χ4n) is 2.34. The molecule has 1 saturated heterocycles. The first kappa shape index (κ1) is 14.4. The molecule has 0 aromatic heterocycles. The van der Waals surface area contributed by atoms with Crippen LogP contribution in [0.5, 0.6) is 0 Å². The number of benzene rings is 1. The molecule has 1 heterocycles. The third kappa shape index (κ3) is 3.48. The second-order valence-electron chi connectivity index (χ2n) is 5.65. The smallest absolute Gasteiger partial charge is 0.230 e. The summed E-state index contributed by atoms with van der Waals surface area (Å²) in [5, 5.41) is 7.14. The van der Waals surface area contributed by atoms with Crippen LogP contribution < -0.4 is 10.6 Å². The van der Waals surface area contributed by atoms with Gasteiger partial charge in [0.2, 0.25) is 5.91 Å². The zero-order valence-electron chi connectivity index (χ0n) is 11.5. The quantitative estimate of drug-likeness (QED) is 0.893. The Balaban J connectivity index is 2.05. The van der Waals surface area contributed by atoms with Crippen molar-refractivity contribution in [2.45, 2.75) is 38.1 Å². The summed E-state index contributed by atoms with van der Waals surface area (Å²) in [6.07, 6.45) is 2.17. The highest BCUT2D eigenvalue weighted by Gasteiger charge is 2.31. The monoisotopic (exact) mass is 280 g/mol. The average Bonchev–Trinajstić information content (AvgIpc) is 2.40. The van der Waals surface area contributed by atoms with Gasteiger partial charge in [-0.1, -0.05) is 23.7 Å². The Morgan fingerprint density at radius 2 is 2.05 bits per heavy atom. The Hall–Kier alpha value is -1.06. The van der Waals surface area contributed by atoms with Gasteiger partial charge in [-0.3, -0.25) is 4.79 Å². The molecule has 1 aromatic rings. The molecule has 19 heavy (non-hydrogen) atoms. The number of carbonyl (C=O) groups excluding carboxylic acids is 1. The average molecular weight is 281 g/mol. The minimum absolute atomic E-state index is 0.0727. The summed E-state index contributed by atoms with van der Waals surface area (Å²) in [6, 6.07) is 7.73. The van der Waals surface area contributed by atoms with Gasteiger partial charge < -0.3 is 10.6 Å². The molecule has 3 nitrogen and oxygen atoms in total. The van der Waals surface area contributed by atoms with Crippen LogP contribution in [-0.2, 0) is 10.2 Å². The standard InChI is InChI=1S/C15H21ClN2O/c1-15(2,11-5-7-12(16)8-6-11)14(19)18-13-4-3-9-17-10-13/h5-8,13,17H,3-4,9-10H2,1-2H3,(H,18,19). The molecule has 1 atom stereocenters. The summed E-state index contributed by atoms with van der Waals surface area (Å²) in [4.78, 5) is 12.4. The van der Waals surface area contributed by atoms with Crippen LogP contribution in [0.25, 0.3) is 0 Å². The molecule has 1 aromatic carbocycles. The van der Waals surface area contributed by atoms with Gasteiger partial charge in [0.1, 0.15) is 0 Å². The normalized spacial score (nSPS) is 20.1. The zero-order valence-corrected chi connectivity index (χ0v) is 12.3.